The molecule has 10 nitrogen and oxygen atoms in total. The van der Waals surface area contributed by atoms with Crippen LogP contribution in [0.25, 0.3) is 5.69 Å². The van der Waals surface area contributed by atoms with Crippen molar-refractivity contribution in [3.63, 3.8) is 0 Å². The number of carboxylic acid groups (broad SMARTS) is 1. The van der Waals surface area contributed by atoms with Crippen LogP contribution in [0.15, 0.2) is 29.4 Å². The molecule has 0 fully saturated rings. The molecule has 11 heteroatoms. The molecule has 0 bridgehead atoms. The molecule has 0 saturated carbocycles. The fourth-order valence-electron chi connectivity index (χ4n) is 2.64. The lowest BCUT2D eigenvalue weighted by Crippen LogP contribution is -2.41. The zero-order valence-electron chi connectivity index (χ0n) is 14.0. The van der Waals surface area contributed by atoms with Crippen LogP contribution in [0.1, 0.15) is 30.6 Å². The number of carboxylic acids is 1. The van der Waals surface area contributed by atoms with E-state index in [0.29, 0.717) is 0 Å². The zero-order chi connectivity index (χ0) is 19.1. The van der Waals surface area contributed by atoms with Crippen LogP contribution in [0, 0.1) is 5.92 Å². The van der Waals surface area contributed by atoms with Crippen LogP contribution in [0.3, 0.4) is 0 Å². The molecule has 1 aromatic carbocycles. The first-order valence-electron chi connectivity index (χ1n) is 7.80. The standard InChI is InChI=1S/C15H17N5O5S/c1-8(2)5-10(14(22)23)18-13(21)9-3-4-11-12(6-9)26(24,25)19-15-16-7-17-20(11)15/h3-4,6-8,10H,5H2,1-2H3,(H,18,21)(H,22,23)(H,16,17,19)/t10-/m0/s1. The molecular weight excluding hydrogens is 362 g/mol. The third kappa shape index (κ3) is 3.25. The minimum Gasteiger partial charge on any atom is -0.480 e. The quantitative estimate of drug-likeness (QED) is 0.690. The van der Waals surface area contributed by atoms with Gasteiger partial charge in [0.15, 0.2) is 0 Å². The number of fused-ring (bicyclic) bond motifs is 3. The molecule has 3 rings (SSSR count). The molecule has 1 aromatic heterocycles. The van der Waals surface area contributed by atoms with Gasteiger partial charge in [0.1, 0.15) is 17.3 Å². The molecule has 0 saturated heterocycles. The Morgan fingerprint density at radius 2 is 2.08 bits per heavy atom. The van der Waals surface area contributed by atoms with Gasteiger partial charge in [-0.15, -0.1) is 0 Å². The van der Waals surface area contributed by atoms with Gasteiger partial charge in [-0.25, -0.2) is 17.9 Å². The van der Waals surface area contributed by atoms with Gasteiger partial charge in [-0.2, -0.15) is 14.8 Å². The first kappa shape index (κ1) is 17.9. The zero-order valence-corrected chi connectivity index (χ0v) is 14.8. The highest BCUT2D eigenvalue weighted by Crippen LogP contribution is 2.29. The molecule has 1 aliphatic heterocycles. The maximum Gasteiger partial charge on any atom is 0.326 e. The van der Waals surface area contributed by atoms with Crippen LogP contribution in [0.5, 0.6) is 0 Å². The molecule has 1 amide bonds. The Kier molecular flexibility index (Phi) is 4.40. The number of sulfonamides is 1. The van der Waals surface area contributed by atoms with Gasteiger partial charge in [0.05, 0.1) is 5.69 Å². The number of benzene rings is 1. The lowest BCUT2D eigenvalue weighted by atomic mass is 10.0. The van der Waals surface area contributed by atoms with E-state index in [4.69, 9.17) is 0 Å². The van der Waals surface area contributed by atoms with Crippen LogP contribution in [0.2, 0.25) is 0 Å². The van der Waals surface area contributed by atoms with Gasteiger partial charge in [-0.3, -0.25) is 4.79 Å². The molecule has 138 valence electrons. The number of nitrogens with one attached hydrogen (secondary N) is 2. The second kappa shape index (κ2) is 6.41. The van der Waals surface area contributed by atoms with Crippen LogP contribution >= 0.6 is 0 Å². The summed E-state index contributed by atoms with van der Waals surface area (Å²) in [5, 5.41) is 15.6. The highest BCUT2D eigenvalue weighted by atomic mass is 32.2. The van der Waals surface area contributed by atoms with E-state index in [2.05, 4.69) is 20.1 Å². The smallest absolute Gasteiger partial charge is 0.326 e. The average molecular weight is 379 g/mol. The van der Waals surface area contributed by atoms with E-state index in [-0.39, 0.29) is 34.4 Å². The Bertz CT molecular complexity index is 982. The van der Waals surface area contributed by atoms with E-state index in [1.807, 2.05) is 13.8 Å². The number of aliphatic carboxylic acids is 1. The van der Waals surface area contributed by atoms with Crippen molar-refractivity contribution in [3.05, 3.63) is 30.1 Å². The summed E-state index contributed by atoms with van der Waals surface area (Å²) in [7, 11) is -3.91. The Morgan fingerprint density at radius 1 is 1.35 bits per heavy atom. The third-order valence-corrected chi connectivity index (χ3v) is 5.18. The van der Waals surface area contributed by atoms with Gasteiger partial charge in [0.25, 0.3) is 15.9 Å². The van der Waals surface area contributed by atoms with Gasteiger partial charge in [0.2, 0.25) is 5.95 Å². The average Bonchev–Trinajstić information content (AvgIpc) is 3.00. The van der Waals surface area contributed by atoms with E-state index in [1.165, 1.54) is 29.2 Å². The Morgan fingerprint density at radius 3 is 2.73 bits per heavy atom. The maximum absolute atomic E-state index is 12.4. The van der Waals surface area contributed by atoms with Gasteiger partial charge in [-0.1, -0.05) is 13.8 Å². The van der Waals surface area contributed by atoms with Gasteiger partial charge < -0.3 is 10.4 Å². The molecule has 26 heavy (non-hydrogen) atoms. The molecule has 1 atom stereocenters. The van der Waals surface area contributed by atoms with E-state index in [9.17, 15) is 23.1 Å². The molecule has 0 radical (unpaired) electrons. The normalized spacial score (nSPS) is 15.5. The van der Waals surface area contributed by atoms with Crippen molar-refractivity contribution in [1.29, 1.82) is 0 Å². The van der Waals surface area contributed by atoms with Crippen molar-refractivity contribution in [2.45, 2.75) is 31.2 Å². The van der Waals surface area contributed by atoms with Crippen molar-refractivity contribution in [3.8, 4) is 5.69 Å². The number of anilines is 1. The van der Waals surface area contributed by atoms with E-state index in [0.717, 1.165) is 0 Å². The number of hydrogen-bond donors (Lipinski definition) is 3. The lowest BCUT2D eigenvalue weighted by molar-refractivity contribution is -0.139. The Balaban J connectivity index is 1.94. The van der Waals surface area contributed by atoms with Crippen molar-refractivity contribution in [2.24, 2.45) is 5.92 Å². The summed E-state index contributed by atoms with van der Waals surface area (Å²) in [6.45, 7) is 3.68. The van der Waals surface area contributed by atoms with E-state index < -0.39 is 27.9 Å². The highest BCUT2D eigenvalue weighted by Gasteiger charge is 2.30. The first-order chi connectivity index (χ1) is 12.2. The van der Waals surface area contributed by atoms with Crippen molar-refractivity contribution in [2.75, 3.05) is 4.72 Å². The number of rotatable bonds is 5. The minimum absolute atomic E-state index is 0.0349. The summed E-state index contributed by atoms with van der Waals surface area (Å²) >= 11 is 0. The predicted molar refractivity (Wildman–Crippen MR) is 90.5 cm³/mol. The fourth-order valence-corrected chi connectivity index (χ4v) is 3.84. The Labute approximate surface area is 149 Å². The number of aromatic nitrogens is 3. The Hall–Kier alpha value is -2.95. The van der Waals surface area contributed by atoms with Crippen LogP contribution in [0.4, 0.5) is 5.95 Å². The SMILES string of the molecule is CC(C)C[C@H](NC(=O)c1ccc2c(c1)S(=O)(=O)Nc1ncnn1-2)C(=O)O. The number of carbonyl (C=O) groups excluding carboxylic acids is 1. The van der Waals surface area contributed by atoms with Crippen molar-refractivity contribution >= 4 is 27.8 Å². The first-order valence-corrected chi connectivity index (χ1v) is 9.28. The van der Waals surface area contributed by atoms with Gasteiger partial charge in [-0.05, 0) is 30.5 Å². The second-order valence-electron chi connectivity index (χ2n) is 6.28. The van der Waals surface area contributed by atoms with Gasteiger partial charge in [0, 0.05) is 5.56 Å². The third-order valence-electron chi connectivity index (χ3n) is 3.82. The number of carbonyl (C=O) groups is 2. The molecule has 1 aliphatic rings. The maximum atomic E-state index is 12.4. The number of amides is 1. The van der Waals surface area contributed by atoms with Crippen molar-refractivity contribution < 1.29 is 23.1 Å². The topological polar surface area (TPSA) is 143 Å². The summed E-state index contributed by atoms with van der Waals surface area (Å²) in [6, 6.07) is 2.97. The van der Waals surface area contributed by atoms with Crippen LogP contribution in [-0.2, 0) is 14.8 Å². The van der Waals surface area contributed by atoms with Crippen molar-refractivity contribution in [1.82, 2.24) is 20.1 Å². The highest BCUT2D eigenvalue weighted by molar-refractivity contribution is 7.93. The lowest BCUT2D eigenvalue weighted by Gasteiger charge is -2.20. The summed E-state index contributed by atoms with van der Waals surface area (Å²) in [5.74, 6) is -1.69. The molecule has 0 aliphatic carbocycles. The monoisotopic (exact) mass is 379 g/mol. The summed E-state index contributed by atoms with van der Waals surface area (Å²) in [6.07, 6.45) is 1.46. The minimum atomic E-state index is -3.91. The van der Waals surface area contributed by atoms with E-state index in [1.54, 1.807) is 0 Å². The summed E-state index contributed by atoms with van der Waals surface area (Å²) < 4.78 is 28.3. The molecular formula is C15H17N5O5S. The summed E-state index contributed by atoms with van der Waals surface area (Å²) in [4.78, 5) is 27.4. The molecule has 2 heterocycles. The largest absolute Gasteiger partial charge is 0.480 e. The van der Waals surface area contributed by atoms with Crippen LogP contribution < -0.4 is 10.0 Å². The molecule has 3 N–H and O–H groups in total. The van der Waals surface area contributed by atoms with E-state index >= 15 is 0 Å². The second-order valence-corrected chi connectivity index (χ2v) is 7.93. The number of nitrogens with zero attached hydrogens (tertiary/aromatic N) is 3. The molecule has 0 spiro atoms. The van der Waals surface area contributed by atoms with Crippen LogP contribution in [-0.4, -0.2) is 46.2 Å². The molecule has 2 aromatic rings. The predicted octanol–water partition coefficient (Wildman–Crippen LogP) is 0.611. The summed E-state index contributed by atoms with van der Waals surface area (Å²) in [5.41, 5.74) is 0.289. The number of hydrogen-bond acceptors (Lipinski definition) is 6. The molecule has 0 unspecified atom stereocenters. The fraction of sp³-hybridized carbons (Fsp3) is 0.333. The van der Waals surface area contributed by atoms with Gasteiger partial charge >= 0.3 is 5.97 Å².